The summed E-state index contributed by atoms with van der Waals surface area (Å²) in [4.78, 5) is 35.8. The molecule has 0 fully saturated rings. The van der Waals surface area contributed by atoms with E-state index >= 15 is 0 Å². The largest absolute Gasteiger partial charge is 0.467 e. The number of benzene rings is 1. The van der Waals surface area contributed by atoms with Gasteiger partial charge in [-0.15, -0.1) is 0 Å². The summed E-state index contributed by atoms with van der Waals surface area (Å²) in [6.45, 7) is 0.183. The Morgan fingerprint density at radius 3 is 2.77 bits per heavy atom. The molecule has 1 aromatic carbocycles. The van der Waals surface area contributed by atoms with Gasteiger partial charge in [0.15, 0.2) is 0 Å². The molecule has 0 saturated heterocycles. The molecule has 0 saturated carbocycles. The summed E-state index contributed by atoms with van der Waals surface area (Å²) < 4.78 is 5.11. The molecule has 7 heteroatoms. The highest BCUT2D eigenvalue weighted by Crippen LogP contribution is 2.27. The van der Waals surface area contributed by atoms with Crippen LogP contribution in [0.5, 0.6) is 0 Å². The van der Waals surface area contributed by atoms with Crippen molar-refractivity contribution in [3.8, 4) is 0 Å². The summed E-state index contributed by atoms with van der Waals surface area (Å²) in [5.41, 5.74) is 1.92. The molecule has 3 N–H and O–H groups in total. The zero-order valence-electron chi connectivity index (χ0n) is 14.3. The number of fused-ring (bicyclic) bond motifs is 1. The molecule has 0 spiro atoms. The second-order valence-corrected chi connectivity index (χ2v) is 6.22. The van der Waals surface area contributed by atoms with Crippen molar-refractivity contribution >= 4 is 23.4 Å². The molecule has 2 aromatic rings. The average Bonchev–Trinajstić information content (AvgIpc) is 3.16. The lowest BCUT2D eigenvalue weighted by molar-refractivity contribution is -0.126. The second-order valence-electron chi connectivity index (χ2n) is 6.22. The maximum atomic E-state index is 12.1. The van der Waals surface area contributed by atoms with Crippen LogP contribution >= 0.6 is 0 Å². The van der Waals surface area contributed by atoms with Crippen LogP contribution in [0.2, 0.25) is 0 Å². The van der Waals surface area contributed by atoms with Gasteiger partial charge in [-0.1, -0.05) is 18.2 Å². The number of hydrogen-bond acceptors (Lipinski definition) is 4. The minimum absolute atomic E-state index is 0.0623. The zero-order chi connectivity index (χ0) is 18.4. The van der Waals surface area contributed by atoms with E-state index < -0.39 is 0 Å². The predicted octanol–water partition coefficient (Wildman–Crippen LogP) is 1.60. The third-order valence-corrected chi connectivity index (χ3v) is 4.32. The molecule has 0 aliphatic carbocycles. The number of amides is 3. The van der Waals surface area contributed by atoms with Crippen molar-refractivity contribution in [3.05, 3.63) is 54.0 Å². The topological polar surface area (TPSA) is 100 Å². The van der Waals surface area contributed by atoms with Gasteiger partial charge in [0.05, 0.1) is 19.4 Å². The number of para-hydroxylation sites is 1. The van der Waals surface area contributed by atoms with Crippen molar-refractivity contribution in [3.63, 3.8) is 0 Å². The molecule has 2 heterocycles. The number of carbonyl (C=O) groups excluding carboxylic acids is 3. The van der Waals surface area contributed by atoms with Gasteiger partial charge in [-0.05, 0) is 36.6 Å². The first-order chi connectivity index (χ1) is 12.6. The number of anilines is 1. The lowest BCUT2D eigenvalue weighted by Gasteiger charge is -2.24. The molecule has 0 bridgehead atoms. The summed E-state index contributed by atoms with van der Waals surface area (Å²) in [6, 6.07) is 11.2. The van der Waals surface area contributed by atoms with Crippen LogP contribution in [0.3, 0.4) is 0 Å². The van der Waals surface area contributed by atoms with Crippen LogP contribution in [0.25, 0.3) is 0 Å². The molecule has 1 atom stereocenters. The first-order valence-corrected chi connectivity index (χ1v) is 8.56. The van der Waals surface area contributed by atoms with E-state index in [2.05, 4.69) is 16.0 Å². The fourth-order valence-electron chi connectivity index (χ4n) is 2.88. The van der Waals surface area contributed by atoms with Crippen LogP contribution in [0, 0.1) is 5.92 Å². The van der Waals surface area contributed by atoms with Crippen molar-refractivity contribution in [2.45, 2.75) is 25.8 Å². The van der Waals surface area contributed by atoms with Crippen molar-refractivity contribution in [2.75, 3.05) is 11.9 Å². The minimum atomic E-state index is -0.293. The van der Waals surface area contributed by atoms with E-state index in [1.807, 2.05) is 24.3 Å². The highest BCUT2D eigenvalue weighted by molar-refractivity contribution is 5.96. The van der Waals surface area contributed by atoms with E-state index in [0.29, 0.717) is 18.6 Å². The number of rotatable bonds is 7. The summed E-state index contributed by atoms with van der Waals surface area (Å²) in [6.07, 6.45) is 2.80. The van der Waals surface area contributed by atoms with Crippen LogP contribution in [-0.2, 0) is 27.3 Å². The molecule has 26 heavy (non-hydrogen) atoms. The first kappa shape index (κ1) is 17.7. The molecule has 1 unspecified atom stereocenters. The van der Waals surface area contributed by atoms with E-state index in [-0.39, 0.29) is 43.1 Å². The predicted molar refractivity (Wildman–Crippen MR) is 95.1 cm³/mol. The summed E-state index contributed by atoms with van der Waals surface area (Å²) in [7, 11) is 0. The fourth-order valence-corrected chi connectivity index (χ4v) is 2.88. The Labute approximate surface area is 151 Å². The minimum Gasteiger partial charge on any atom is -0.467 e. The smallest absolute Gasteiger partial charge is 0.239 e. The first-order valence-electron chi connectivity index (χ1n) is 8.56. The average molecular weight is 355 g/mol. The zero-order valence-corrected chi connectivity index (χ0v) is 14.3. The SMILES string of the molecule is O=C(CCC1Cc2ccccc2NC1=O)NCC(=O)NCc1ccco1. The van der Waals surface area contributed by atoms with Gasteiger partial charge in [0, 0.05) is 18.0 Å². The Kier molecular flexibility index (Phi) is 5.68. The molecule has 7 nitrogen and oxygen atoms in total. The van der Waals surface area contributed by atoms with E-state index in [1.54, 1.807) is 12.1 Å². The van der Waals surface area contributed by atoms with Crippen LogP contribution in [-0.4, -0.2) is 24.3 Å². The molecular formula is C19H21N3O4. The molecule has 1 aliphatic rings. The van der Waals surface area contributed by atoms with Crippen molar-refractivity contribution < 1.29 is 18.8 Å². The van der Waals surface area contributed by atoms with Gasteiger partial charge >= 0.3 is 0 Å². The molecule has 3 rings (SSSR count). The van der Waals surface area contributed by atoms with Crippen LogP contribution in [0.1, 0.15) is 24.2 Å². The van der Waals surface area contributed by atoms with E-state index in [0.717, 1.165) is 11.3 Å². The summed E-state index contributed by atoms with van der Waals surface area (Å²) in [5.74, 6) is -0.187. The van der Waals surface area contributed by atoms with Crippen molar-refractivity contribution in [1.29, 1.82) is 0 Å². The Morgan fingerprint density at radius 2 is 1.96 bits per heavy atom. The van der Waals surface area contributed by atoms with Crippen LogP contribution in [0.15, 0.2) is 47.1 Å². The van der Waals surface area contributed by atoms with Gasteiger partial charge in [-0.25, -0.2) is 0 Å². The van der Waals surface area contributed by atoms with Crippen LogP contribution < -0.4 is 16.0 Å². The van der Waals surface area contributed by atoms with Gasteiger partial charge in [0.1, 0.15) is 5.76 Å². The third-order valence-electron chi connectivity index (χ3n) is 4.32. The molecule has 136 valence electrons. The highest BCUT2D eigenvalue weighted by Gasteiger charge is 2.26. The Balaban J connectivity index is 1.37. The highest BCUT2D eigenvalue weighted by atomic mass is 16.3. The quantitative estimate of drug-likeness (QED) is 0.702. The van der Waals surface area contributed by atoms with E-state index in [9.17, 15) is 14.4 Å². The number of hydrogen-bond donors (Lipinski definition) is 3. The number of nitrogens with one attached hydrogen (secondary N) is 3. The van der Waals surface area contributed by atoms with Gasteiger partial charge in [-0.2, -0.15) is 0 Å². The Morgan fingerprint density at radius 1 is 1.12 bits per heavy atom. The van der Waals surface area contributed by atoms with E-state index in [4.69, 9.17) is 4.42 Å². The fraction of sp³-hybridized carbons (Fsp3) is 0.316. The van der Waals surface area contributed by atoms with Crippen molar-refractivity contribution in [2.24, 2.45) is 5.92 Å². The second kappa shape index (κ2) is 8.33. The van der Waals surface area contributed by atoms with Crippen molar-refractivity contribution in [1.82, 2.24) is 10.6 Å². The molecule has 3 amide bonds. The van der Waals surface area contributed by atoms with Gasteiger partial charge < -0.3 is 20.4 Å². The maximum absolute atomic E-state index is 12.1. The van der Waals surface area contributed by atoms with E-state index in [1.165, 1.54) is 6.26 Å². The maximum Gasteiger partial charge on any atom is 0.239 e. The molecular weight excluding hydrogens is 334 g/mol. The van der Waals surface area contributed by atoms with Gasteiger partial charge in [-0.3, -0.25) is 14.4 Å². The Hall–Kier alpha value is -3.09. The lowest BCUT2D eigenvalue weighted by Crippen LogP contribution is -2.37. The summed E-state index contributed by atoms with van der Waals surface area (Å²) in [5, 5.41) is 8.10. The molecule has 1 aromatic heterocycles. The Bertz CT molecular complexity index is 786. The van der Waals surface area contributed by atoms with Gasteiger partial charge in [0.25, 0.3) is 0 Å². The molecule has 1 aliphatic heterocycles. The third kappa shape index (κ3) is 4.72. The lowest BCUT2D eigenvalue weighted by atomic mass is 9.89. The summed E-state index contributed by atoms with van der Waals surface area (Å²) >= 11 is 0. The monoisotopic (exact) mass is 355 g/mol. The van der Waals surface area contributed by atoms with Gasteiger partial charge in [0.2, 0.25) is 17.7 Å². The standard InChI is InChI=1S/C19H21N3O4/c23-17(21-12-18(24)20-11-15-5-3-9-26-15)8-7-14-10-13-4-1-2-6-16(13)22-19(14)25/h1-6,9,14H,7-8,10-12H2,(H,20,24)(H,21,23)(H,22,25). The van der Waals surface area contributed by atoms with Crippen LogP contribution in [0.4, 0.5) is 5.69 Å². The normalized spacial score (nSPS) is 15.7. The number of furan rings is 1. The molecule has 0 radical (unpaired) electrons. The number of carbonyl (C=O) groups is 3.